The van der Waals surface area contributed by atoms with E-state index < -0.39 is 35.2 Å². The lowest BCUT2D eigenvalue weighted by molar-refractivity contribution is 0.265. The van der Waals surface area contributed by atoms with E-state index in [9.17, 15) is 13.2 Å². The maximum absolute atomic E-state index is 15.3. The summed E-state index contributed by atoms with van der Waals surface area (Å²) in [6.45, 7) is 4.96. The van der Waals surface area contributed by atoms with Crippen molar-refractivity contribution in [2.45, 2.75) is 180 Å². The highest BCUT2D eigenvalue weighted by Crippen LogP contribution is 2.42. The van der Waals surface area contributed by atoms with E-state index in [0.717, 1.165) is 63.2 Å². The van der Waals surface area contributed by atoms with Crippen LogP contribution in [0.1, 0.15) is 191 Å². The molecular formula is C55H75F7O2. The summed E-state index contributed by atoms with van der Waals surface area (Å²) in [6, 6.07) is 6.36. The molecular weight excluding hydrogens is 826 g/mol. The van der Waals surface area contributed by atoms with Gasteiger partial charge in [-0.05, 0) is 186 Å². The molecule has 0 radical (unpaired) electrons. The molecule has 0 unspecified atom stereocenters. The smallest absolute Gasteiger partial charge is 0.301 e. The minimum atomic E-state index is -2.31. The number of hydrogen-bond acceptors (Lipinski definition) is 2. The summed E-state index contributed by atoms with van der Waals surface area (Å²) < 4.78 is 112. The van der Waals surface area contributed by atoms with Crippen LogP contribution in [0.25, 0.3) is 0 Å². The van der Waals surface area contributed by atoms with Crippen LogP contribution >= 0.6 is 0 Å². The van der Waals surface area contributed by atoms with Crippen molar-refractivity contribution >= 4 is 0 Å². The monoisotopic (exact) mass is 901 g/mol. The molecule has 0 heterocycles. The molecule has 64 heavy (non-hydrogen) atoms. The fourth-order valence-corrected chi connectivity index (χ4v) is 11.1. The van der Waals surface area contributed by atoms with E-state index in [0.29, 0.717) is 73.3 Å². The first-order chi connectivity index (χ1) is 30.9. The molecule has 0 aromatic heterocycles. The molecule has 0 N–H and O–H groups in total. The molecule has 0 atom stereocenters. The van der Waals surface area contributed by atoms with E-state index in [-0.39, 0.29) is 55.3 Å². The molecule has 0 bridgehead atoms. The Hall–Kier alpha value is -3.23. The lowest BCUT2D eigenvalue weighted by Crippen LogP contribution is -2.15. The van der Waals surface area contributed by atoms with Crippen molar-refractivity contribution in [2.75, 3.05) is 13.2 Å². The Bertz CT molecular complexity index is 1690. The second-order valence-corrected chi connectivity index (χ2v) is 20.4. The molecule has 2 aromatic rings. The highest BCUT2D eigenvalue weighted by atomic mass is 19.3. The van der Waals surface area contributed by atoms with Crippen LogP contribution in [0.5, 0.6) is 11.5 Å². The molecule has 4 aliphatic carbocycles. The zero-order valence-corrected chi connectivity index (χ0v) is 38.7. The number of hydrogen-bond donors (Lipinski definition) is 0. The van der Waals surface area contributed by atoms with Gasteiger partial charge in [0.25, 0.3) is 0 Å². The maximum Gasteiger partial charge on any atom is 0.301 e. The molecule has 0 aliphatic heterocycles. The molecule has 356 valence electrons. The third kappa shape index (κ3) is 15.2. The SMILES string of the molecule is CC1CCC(/C=C/C2CCC(c3ccc(OCCCCC(CCCCOc4ccc(C5CCC(/C=C/C6CCC(C)CC6)CC5)c(F)c4F)CCC(F)=C(F)F)c(F)c3F)CC2)CC1. The van der Waals surface area contributed by atoms with Crippen LogP contribution in [0.4, 0.5) is 30.7 Å². The van der Waals surface area contributed by atoms with Gasteiger partial charge in [0.05, 0.1) is 13.2 Å². The fourth-order valence-electron chi connectivity index (χ4n) is 11.1. The lowest BCUT2D eigenvalue weighted by atomic mass is 9.77. The molecule has 4 fully saturated rings. The Morgan fingerprint density at radius 2 is 0.844 bits per heavy atom. The predicted octanol–water partition coefficient (Wildman–Crippen LogP) is 17.8. The molecule has 0 saturated heterocycles. The number of unbranched alkanes of at least 4 members (excludes halogenated alkanes) is 2. The zero-order chi connectivity index (χ0) is 45.4. The van der Waals surface area contributed by atoms with Crippen LogP contribution in [-0.4, -0.2) is 13.2 Å². The average molecular weight is 901 g/mol. The van der Waals surface area contributed by atoms with Crippen LogP contribution in [0.15, 0.2) is 60.5 Å². The Morgan fingerprint density at radius 1 is 0.484 bits per heavy atom. The summed E-state index contributed by atoms with van der Waals surface area (Å²) >= 11 is 0. The highest BCUT2D eigenvalue weighted by molar-refractivity contribution is 5.34. The van der Waals surface area contributed by atoms with Gasteiger partial charge in [0.15, 0.2) is 29.0 Å². The molecule has 6 rings (SSSR count). The zero-order valence-electron chi connectivity index (χ0n) is 38.7. The molecule has 0 amide bonds. The van der Waals surface area contributed by atoms with Gasteiger partial charge in [0.2, 0.25) is 11.6 Å². The molecule has 2 aromatic carbocycles. The van der Waals surface area contributed by atoms with Gasteiger partial charge in [0.1, 0.15) is 0 Å². The van der Waals surface area contributed by atoms with Crippen molar-refractivity contribution < 1.29 is 40.2 Å². The molecule has 9 heteroatoms. The first-order valence-corrected chi connectivity index (χ1v) is 25.2. The van der Waals surface area contributed by atoms with Crippen LogP contribution in [0, 0.1) is 64.7 Å². The van der Waals surface area contributed by atoms with Crippen molar-refractivity contribution in [2.24, 2.45) is 41.4 Å². The van der Waals surface area contributed by atoms with Gasteiger partial charge in [-0.3, -0.25) is 0 Å². The summed E-state index contributed by atoms with van der Waals surface area (Å²) in [5.41, 5.74) is 0.830. The van der Waals surface area contributed by atoms with E-state index in [1.807, 2.05) is 0 Å². The first-order valence-electron chi connectivity index (χ1n) is 25.2. The van der Waals surface area contributed by atoms with Crippen molar-refractivity contribution in [3.05, 3.63) is 94.9 Å². The summed E-state index contributed by atoms with van der Waals surface area (Å²) in [6.07, 6.45) is 28.0. The van der Waals surface area contributed by atoms with Crippen LogP contribution in [0.3, 0.4) is 0 Å². The predicted molar refractivity (Wildman–Crippen MR) is 244 cm³/mol. The Morgan fingerprint density at radius 3 is 1.20 bits per heavy atom. The van der Waals surface area contributed by atoms with Crippen LogP contribution in [-0.2, 0) is 0 Å². The third-order valence-corrected chi connectivity index (χ3v) is 15.5. The van der Waals surface area contributed by atoms with E-state index in [2.05, 4.69) is 38.2 Å². The normalized spacial score (nSPS) is 27.2. The summed E-state index contributed by atoms with van der Waals surface area (Å²) in [4.78, 5) is 0. The van der Waals surface area contributed by atoms with Gasteiger partial charge in [-0.15, -0.1) is 0 Å². The van der Waals surface area contributed by atoms with E-state index in [1.165, 1.54) is 63.5 Å². The topological polar surface area (TPSA) is 18.5 Å². The summed E-state index contributed by atoms with van der Waals surface area (Å²) in [7, 11) is 0. The molecule has 4 saturated carbocycles. The standard InChI is InChI=1S/C55H75F7O2/c1-37-9-13-40(14-10-37)17-19-42-21-26-44(27-22-42)46-30-33-49(53(59)51(46)57)63-35-5-3-7-39(25-32-48(56)55(61)62)8-4-6-36-64-50-34-31-47(52(58)54(50)60)45-28-23-43(24-29-45)20-18-41-15-11-38(2)12-16-41/h17-20,30-31,33-34,37-45H,3-16,21-29,32,35-36H2,1-2H3/b19-17+,20-18+. The van der Waals surface area contributed by atoms with E-state index in [4.69, 9.17) is 9.47 Å². The fraction of sp³-hybridized carbons (Fsp3) is 0.673. The van der Waals surface area contributed by atoms with Crippen LogP contribution < -0.4 is 9.47 Å². The van der Waals surface area contributed by atoms with Gasteiger partial charge in [-0.1, -0.05) is 88.8 Å². The second-order valence-electron chi connectivity index (χ2n) is 20.4. The highest BCUT2D eigenvalue weighted by Gasteiger charge is 2.28. The Balaban J connectivity index is 0.888. The lowest BCUT2D eigenvalue weighted by Gasteiger charge is -2.28. The average Bonchev–Trinajstić information content (AvgIpc) is 3.30. The van der Waals surface area contributed by atoms with Gasteiger partial charge >= 0.3 is 6.08 Å². The maximum atomic E-state index is 15.3. The summed E-state index contributed by atoms with van der Waals surface area (Å²) in [5.74, 6) is -1.39. The third-order valence-electron chi connectivity index (χ3n) is 15.5. The molecule has 2 nitrogen and oxygen atoms in total. The van der Waals surface area contributed by atoms with Gasteiger partial charge < -0.3 is 9.47 Å². The summed E-state index contributed by atoms with van der Waals surface area (Å²) in [5, 5.41) is 0. The van der Waals surface area contributed by atoms with E-state index >= 15 is 17.6 Å². The van der Waals surface area contributed by atoms with Crippen molar-refractivity contribution in [3.8, 4) is 11.5 Å². The minimum Gasteiger partial charge on any atom is -0.490 e. The molecule has 0 spiro atoms. The molecule has 4 aliphatic rings. The number of benzene rings is 2. The van der Waals surface area contributed by atoms with E-state index in [1.54, 1.807) is 12.1 Å². The second kappa shape index (κ2) is 25.6. The van der Waals surface area contributed by atoms with Gasteiger partial charge in [-0.2, -0.15) is 17.6 Å². The largest absolute Gasteiger partial charge is 0.490 e. The number of allylic oxidation sites excluding steroid dienone is 5. The number of rotatable bonds is 21. The number of halogens is 7. The Labute approximate surface area is 379 Å². The quantitative estimate of drug-likeness (QED) is 0.0706. The van der Waals surface area contributed by atoms with Crippen molar-refractivity contribution in [3.63, 3.8) is 0 Å². The van der Waals surface area contributed by atoms with Crippen LogP contribution in [0.2, 0.25) is 0 Å². The number of ether oxygens (including phenoxy) is 2. The first kappa shape index (κ1) is 50.2. The Kier molecular flexibility index (Phi) is 20.1. The van der Waals surface area contributed by atoms with Gasteiger partial charge in [-0.25, -0.2) is 13.2 Å². The van der Waals surface area contributed by atoms with Crippen molar-refractivity contribution in [1.29, 1.82) is 0 Å². The van der Waals surface area contributed by atoms with Crippen molar-refractivity contribution in [1.82, 2.24) is 0 Å². The minimum absolute atomic E-state index is 0.0177. The van der Waals surface area contributed by atoms with Gasteiger partial charge in [0, 0.05) is 6.42 Å².